The zero-order valence-electron chi connectivity index (χ0n) is 14.2. The Kier molecular flexibility index (Phi) is 6.09. The first-order valence-corrected chi connectivity index (χ1v) is 9.17. The van der Waals surface area contributed by atoms with Gasteiger partial charge in [-0.05, 0) is 51.3 Å². The van der Waals surface area contributed by atoms with E-state index in [2.05, 4.69) is 9.88 Å². The van der Waals surface area contributed by atoms with Crippen LogP contribution in [0, 0.1) is 5.92 Å². The monoisotopic (exact) mass is 352 g/mol. The van der Waals surface area contributed by atoms with E-state index in [9.17, 15) is 4.79 Å². The summed E-state index contributed by atoms with van der Waals surface area (Å²) in [6.07, 6.45) is 4.82. The fourth-order valence-electron chi connectivity index (χ4n) is 3.63. The molecule has 24 heavy (non-hydrogen) atoms. The number of ether oxygens (including phenoxy) is 2. The number of nitrogens with zero attached hydrogens (tertiary/aromatic N) is 2. The fourth-order valence-corrected chi connectivity index (χ4v) is 3.79. The lowest BCUT2D eigenvalue weighted by Crippen LogP contribution is -2.37. The van der Waals surface area contributed by atoms with Crippen LogP contribution in [0.2, 0.25) is 5.02 Å². The van der Waals surface area contributed by atoms with Gasteiger partial charge in [0.05, 0.1) is 29.5 Å². The van der Waals surface area contributed by atoms with E-state index in [4.69, 9.17) is 21.1 Å². The van der Waals surface area contributed by atoms with Crippen molar-refractivity contribution in [1.29, 1.82) is 0 Å². The van der Waals surface area contributed by atoms with Gasteiger partial charge in [0.25, 0.3) is 0 Å². The molecule has 1 aromatic heterocycles. The lowest BCUT2D eigenvalue weighted by atomic mass is 9.90. The minimum atomic E-state index is -0.326. The summed E-state index contributed by atoms with van der Waals surface area (Å²) in [7, 11) is 0. The van der Waals surface area contributed by atoms with Crippen molar-refractivity contribution in [3.05, 3.63) is 28.5 Å². The highest BCUT2D eigenvalue weighted by Crippen LogP contribution is 2.31. The van der Waals surface area contributed by atoms with Crippen molar-refractivity contribution in [1.82, 2.24) is 9.88 Å². The van der Waals surface area contributed by atoms with Crippen molar-refractivity contribution >= 4 is 17.6 Å². The average molecular weight is 353 g/mol. The van der Waals surface area contributed by atoms with Gasteiger partial charge in [-0.25, -0.2) is 4.79 Å². The van der Waals surface area contributed by atoms with Gasteiger partial charge < -0.3 is 14.4 Å². The van der Waals surface area contributed by atoms with Crippen LogP contribution in [0.3, 0.4) is 0 Å². The highest BCUT2D eigenvalue weighted by molar-refractivity contribution is 6.30. The molecule has 0 aromatic carbocycles. The third-order valence-electron chi connectivity index (χ3n) is 4.90. The molecule has 1 atom stereocenters. The molecule has 5 nitrogen and oxygen atoms in total. The Morgan fingerprint density at radius 1 is 1.42 bits per heavy atom. The third-order valence-corrected chi connectivity index (χ3v) is 5.10. The van der Waals surface area contributed by atoms with Gasteiger partial charge >= 0.3 is 5.97 Å². The van der Waals surface area contributed by atoms with Gasteiger partial charge in [0.1, 0.15) is 0 Å². The van der Waals surface area contributed by atoms with Crippen LogP contribution in [0.25, 0.3) is 0 Å². The molecule has 2 aliphatic rings. The van der Waals surface area contributed by atoms with E-state index in [0.29, 0.717) is 23.1 Å². The van der Waals surface area contributed by atoms with Crippen LogP contribution in [0.1, 0.15) is 48.2 Å². The predicted octanol–water partition coefficient (Wildman–Crippen LogP) is 3.13. The molecule has 2 aliphatic heterocycles. The summed E-state index contributed by atoms with van der Waals surface area (Å²) < 4.78 is 10.6. The molecule has 6 heteroatoms. The van der Waals surface area contributed by atoms with Gasteiger partial charge in [-0.3, -0.25) is 4.98 Å². The number of esters is 1. The Morgan fingerprint density at radius 3 is 2.88 bits per heavy atom. The number of likely N-dealkylation sites (tertiary alicyclic amines) is 1. The van der Waals surface area contributed by atoms with Gasteiger partial charge in [-0.2, -0.15) is 0 Å². The minimum absolute atomic E-state index is 0.290. The van der Waals surface area contributed by atoms with Crippen molar-refractivity contribution in [2.75, 3.05) is 39.5 Å². The van der Waals surface area contributed by atoms with Crippen LogP contribution in [-0.2, 0) is 9.47 Å². The molecule has 132 valence electrons. The van der Waals surface area contributed by atoms with E-state index in [1.165, 1.54) is 6.42 Å². The van der Waals surface area contributed by atoms with Gasteiger partial charge in [0.15, 0.2) is 0 Å². The highest BCUT2D eigenvalue weighted by Gasteiger charge is 2.28. The summed E-state index contributed by atoms with van der Waals surface area (Å²) in [5, 5.41) is 0.473. The number of aromatic nitrogens is 1. The predicted molar refractivity (Wildman–Crippen MR) is 92.5 cm³/mol. The van der Waals surface area contributed by atoms with Crippen molar-refractivity contribution < 1.29 is 14.3 Å². The lowest BCUT2D eigenvalue weighted by molar-refractivity contribution is 0.0522. The first-order chi connectivity index (χ1) is 11.7. The number of hydrogen-bond acceptors (Lipinski definition) is 5. The molecule has 2 saturated heterocycles. The topological polar surface area (TPSA) is 51.7 Å². The molecule has 3 heterocycles. The van der Waals surface area contributed by atoms with Crippen LogP contribution in [-0.4, -0.2) is 55.3 Å². The lowest BCUT2D eigenvalue weighted by Gasteiger charge is -2.33. The van der Waals surface area contributed by atoms with E-state index in [-0.39, 0.29) is 11.9 Å². The largest absolute Gasteiger partial charge is 0.462 e. The maximum absolute atomic E-state index is 12.2. The average Bonchev–Trinajstić information content (AvgIpc) is 3.09. The molecule has 0 saturated carbocycles. The quantitative estimate of drug-likeness (QED) is 0.762. The van der Waals surface area contributed by atoms with E-state index in [1.807, 2.05) is 0 Å². The molecular formula is C18H25ClN2O3. The van der Waals surface area contributed by atoms with Gasteiger partial charge in [0.2, 0.25) is 0 Å². The fraction of sp³-hybridized carbons (Fsp3) is 0.667. The van der Waals surface area contributed by atoms with Crippen LogP contribution < -0.4 is 0 Å². The second kappa shape index (κ2) is 8.28. The van der Waals surface area contributed by atoms with Crippen molar-refractivity contribution in [2.45, 2.75) is 32.1 Å². The molecule has 1 aromatic rings. The summed E-state index contributed by atoms with van der Waals surface area (Å²) in [4.78, 5) is 19.2. The summed E-state index contributed by atoms with van der Waals surface area (Å²) in [5.74, 6) is 0.635. The Bertz CT molecular complexity index is 567. The van der Waals surface area contributed by atoms with Crippen LogP contribution in [0.15, 0.2) is 12.3 Å². The molecule has 0 aliphatic carbocycles. The van der Waals surface area contributed by atoms with E-state index >= 15 is 0 Å². The van der Waals surface area contributed by atoms with E-state index < -0.39 is 0 Å². The highest BCUT2D eigenvalue weighted by atomic mass is 35.5. The van der Waals surface area contributed by atoms with E-state index in [1.54, 1.807) is 19.2 Å². The molecule has 2 fully saturated rings. The molecule has 0 spiro atoms. The first-order valence-electron chi connectivity index (χ1n) is 8.80. The SMILES string of the molecule is CCOC(=O)c1cc(Cl)cnc1C1CCN(CC2CCOC2)CC1. The summed E-state index contributed by atoms with van der Waals surface area (Å²) in [5.41, 5.74) is 1.36. The minimum Gasteiger partial charge on any atom is -0.462 e. The number of rotatable bonds is 5. The number of carbonyl (C=O) groups excluding carboxylic acids is 1. The Balaban J connectivity index is 1.64. The summed E-state index contributed by atoms with van der Waals surface area (Å²) >= 11 is 6.03. The number of hydrogen-bond donors (Lipinski definition) is 0. The second-order valence-electron chi connectivity index (χ2n) is 6.61. The normalized spacial score (nSPS) is 22.7. The van der Waals surface area contributed by atoms with Crippen LogP contribution >= 0.6 is 11.6 Å². The van der Waals surface area contributed by atoms with Crippen molar-refractivity contribution in [3.63, 3.8) is 0 Å². The molecule has 0 N–H and O–H groups in total. The van der Waals surface area contributed by atoms with Gasteiger partial charge in [0, 0.05) is 25.3 Å². The number of pyridine rings is 1. The molecule has 0 radical (unpaired) electrons. The second-order valence-corrected chi connectivity index (χ2v) is 7.05. The number of carbonyl (C=O) groups is 1. The maximum Gasteiger partial charge on any atom is 0.340 e. The molecule has 1 unspecified atom stereocenters. The summed E-state index contributed by atoms with van der Waals surface area (Å²) in [6, 6.07) is 1.68. The van der Waals surface area contributed by atoms with E-state index in [0.717, 1.165) is 51.4 Å². The third kappa shape index (κ3) is 4.26. The van der Waals surface area contributed by atoms with Crippen molar-refractivity contribution in [3.8, 4) is 0 Å². The summed E-state index contributed by atoms with van der Waals surface area (Å²) in [6.45, 7) is 7.14. The number of piperidine rings is 1. The maximum atomic E-state index is 12.2. The van der Waals surface area contributed by atoms with Gasteiger partial charge in [-0.15, -0.1) is 0 Å². The number of halogens is 1. The van der Waals surface area contributed by atoms with Gasteiger partial charge in [-0.1, -0.05) is 11.6 Å². The first kappa shape index (κ1) is 17.6. The zero-order chi connectivity index (χ0) is 16.9. The Labute approximate surface area is 148 Å². The molecule has 3 rings (SSSR count). The standard InChI is InChI=1S/C18H25ClN2O3/c1-2-24-18(22)16-9-15(19)10-20-17(16)14-3-6-21(7-4-14)11-13-5-8-23-12-13/h9-10,13-14H,2-8,11-12H2,1H3. The molecule has 0 bridgehead atoms. The smallest absolute Gasteiger partial charge is 0.340 e. The Morgan fingerprint density at radius 2 is 2.21 bits per heavy atom. The Hall–Kier alpha value is -1.17. The van der Waals surface area contributed by atoms with Crippen molar-refractivity contribution in [2.24, 2.45) is 5.92 Å². The van der Waals surface area contributed by atoms with Crippen LogP contribution in [0.4, 0.5) is 0 Å². The molecular weight excluding hydrogens is 328 g/mol. The molecule has 0 amide bonds. The van der Waals surface area contributed by atoms with Crippen LogP contribution in [0.5, 0.6) is 0 Å². The zero-order valence-corrected chi connectivity index (χ0v) is 14.9.